The van der Waals surface area contributed by atoms with Crippen LogP contribution in [0.1, 0.15) is 5.56 Å². The van der Waals surface area contributed by atoms with E-state index in [-0.39, 0.29) is 12.3 Å². The second kappa shape index (κ2) is 5.94. The van der Waals surface area contributed by atoms with Crippen LogP contribution >= 0.6 is 11.3 Å². The largest absolute Gasteiger partial charge is 0.369 e. The number of hydrogen-bond acceptors (Lipinski definition) is 3. The molecular weight excluding hydrogens is 318 g/mol. The quantitative estimate of drug-likeness (QED) is 0.593. The molecule has 1 amide bonds. The number of carbonyl (C=O) groups is 1. The first kappa shape index (κ1) is 14.7. The summed E-state index contributed by atoms with van der Waals surface area (Å²) in [5.41, 5.74) is 11.5. The molecule has 0 fully saturated rings. The number of nitrogens with zero attached hydrogens (tertiary/aromatic N) is 1. The number of amides is 1. The molecule has 0 spiro atoms. The Hall–Kier alpha value is -2.92. The van der Waals surface area contributed by atoms with Crippen LogP contribution in [0.4, 0.5) is 0 Å². The average Bonchev–Trinajstić information content (AvgIpc) is 3.24. The van der Waals surface area contributed by atoms with Crippen molar-refractivity contribution in [1.29, 1.82) is 0 Å². The molecule has 0 aliphatic heterocycles. The van der Waals surface area contributed by atoms with Crippen LogP contribution in [0.15, 0.2) is 59.6 Å². The van der Waals surface area contributed by atoms with E-state index < -0.39 is 0 Å². The van der Waals surface area contributed by atoms with Crippen molar-refractivity contribution in [2.45, 2.75) is 6.42 Å². The molecule has 1 aromatic carbocycles. The molecule has 0 bridgehead atoms. The van der Waals surface area contributed by atoms with Crippen molar-refractivity contribution in [3.05, 3.63) is 65.1 Å². The van der Waals surface area contributed by atoms with Crippen molar-refractivity contribution in [3.8, 4) is 22.3 Å². The number of rotatable bonds is 4. The number of nitrogens with one attached hydrogen (secondary N) is 1. The Morgan fingerprint density at radius 2 is 1.96 bits per heavy atom. The lowest BCUT2D eigenvalue weighted by Gasteiger charge is -2.03. The van der Waals surface area contributed by atoms with Gasteiger partial charge >= 0.3 is 0 Å². The molecule has 0 radical (unpaired) electrons. The van der Waals surface area contributed by atoms with Crippen LogP contribution in [0.25, 0.3) is 33.3 Å². The average molecular weight is 333 g/mol. The van der Waals surface area contributed by atoms with Crippen molar-refractivity contribution in [2.75, 3.05) is 0 Å². The maximum Gasteiger partial charge on any atom is 0.221 e. The highest BCUT2D eigenvalue weighted by Gasteiger charge is 2.09. The van der Waals surface area contributed by atoms with E-state index in [1.165, 1.54) is 5.56 Å². The number of pyridine rings is 1. The summed E-state index contributed by atoms with van der Waals surface area (Å²) in [4.78, 5) is 18.8. The summed E-state index contributed by atoms with van der Waals surface area (Å²) in [6.07, 6.45) is 4.12. The molecule has 24 heavy (non-hydrogen) atoms. The number of thiophene rings is 1. The molecule has 0 unspecified atom stereocenters. The monoisotopic (exact) mass is 333 g/mol. The highest BCUT2D eigenvalue weighted by Crippen LogP contribution is 2.31. The van der Waals surface area contributed by atoms with Gasteiger partial charge in [-0.2, -0.15) is 11.3 Å². The van der Waals surface area contributed by atoms with Crippen LogP contribution in [0.2, 0.25) is 0 Å². The van der Waals surface area contributed by atoms with Gasteiger partial charge in [-0.25, -0.2) is 4.98 Å². The van der Waals surface area contributed by atoms with Gasteiger partial charge in [-0.1, -0.05) is 24.3 Å². The third kappa shape index (κ3) is 2.70. The highest BCUT2D eigenvalue weighted by atomic mass is 32.1. The molecular formula is C19H15N3OS. The van der Waals surface area contributed by atoms with E-state index in [2.05, 4.69) is 32.9 Å². The lowest BCUT2D eigenvalue weighted by atomic mass is 10.0. The van der Waals surface area contributed by atoms with Gasteiger partial charge in [0.25, 0.3) is 0 Å². The zero-order valence-electron chi connectivity index (χ0n) is 12.8. The van der Waals surface area contributed by atoms with Gasteiger partial charge in [0.2, 0.25) is 5.91 Å². The van der Waals surface area contributed by atoms with E-state index in [1.54, 1.807) is 11.3 Å². The second-order valence-corrected chi connectivity index (χ2v) is 6.45. The minimum atomic E-state index is -0.320. The fourth-order valence-corrected chi connectivity index (χ4v) is 3.50. The van der Waals surface area contributed by atoms with E-state index in [1.807, 2.05) is 36.7 Å². The molecule has 0 saturated carbocycles. The molecule has 3 N–H and O–H groups in total. The minimum Gasteiger partial charge on any atom is -0.369 e. The number of primary amides is 1. The first-order chi connectivity index (χ1) is 11.7. The topological polar surface area (TPSA) is 71.8 Å². The van der Waals surface area contributed by atoms with Crippen molar-refractivity contribution < 1.29 is 4.79 Å². The van der Waals surface area contributed by atoms with Crippen LogP contribution < -0.4 is 5.73 Å². The Morgan fingerprint density at radius 1 is 1.12 bits per heavy atom. The summed E-state index contributed by atoms with van der Waals surface area (Å²) in [7, 11) is 0. The van der Waals surface area contributed by atoms with E-state index in [0.717, 1.165) is 33.3 Å². The Kier molecular flexibility index (Phi) is 3.63. The molecule has 5 heteroatoms. The predicted octanol–water partition coefficient (Wildman–Crippen LogP) is 3.99. The summed E-state index contributed by atoms with van der Waals surface area (Å²) in [5.74, 6) is -0.320. The van der Waals surface area contributed by atoms with Crippen LogP contribution in [-0.4, -0.2) is 15.9 Å². The number of benzene rings is 1. The molecule has 0 atom stereocenters. The van der Waals surface area contributed by atoms with Crippen molar-refractivity contribution >= 4 is 28.3 Å². The molecule has 3 heterocycles. The summed E-state index contributed by atoms with van der Waals surface area (Å²) >= 11 is 1.68. The maximum atomic E-state index is 11.0. The molecule has 0 saturated heterocycles. The zero-order valence-corrected chi connectivity index (χ0v) is 13.6. The Bertz CT molecular complexity index is 1000. The minimum absolute atomic E-state index is 0.262. The Morgan fingerprint density at radius 3 is 2.67 bits per heavy atom. The molecule has 4 nitrogen and oxygen atoms in total. The first-order valence-corrected chi connectivity index (χ1v) is 8.52. The highest BCUT2D eigenvalue weighted by molar-refractivity contribution is 7.08. The molecule has 0 aliphatic carbocycles. The molecule has 3 aromatic heterocycles. The van der Waals surface area contributed by atoms with Crippen LogP contribution in [0.5, 0.6) is 0 Å². The van der Waals surface area contributed by atoms with E-state index in [9.17, 15) is 4.79 Å². The first-order valence-electron chi connectivity index (χ1n) is 7.58. The Balaban J connectivity index is 1.76. The lowest BCUT2D eigenvalue weighted by Crippen LogP contribution is -2.13. The van der Waals surface area contributed by atoms with Crippen molar-refractivity contribution in [3.63, 3.8) is 0 Å². The van der Waals surface area contributed by atoms with Gasteiger partial charge in [-0.3, -0.25) is 4.79 Å². The van der Waals surface area contributed by atoms with E-state index in [0.29, 0.717) is 0 Å². The predicted molar refractivity (Wildman–Crippen MR) is 97.7 cm³/mol. The molecule has 4 aromatic rings. The van der Waals surface area contributed by atoms with Gasteiger partial charge in [-0.05, 0) is 39.6 Å². The number of nitrogens with two attached hydrogens (primary N) is 1. The van der Waals surface area contributed by atoms with Crippen molar-refractivity contribution in [2.24, 2.45) is 5.73 Å². The fraction of sp³-hybridized carbons (Fsp3) is 0.0526. The second-order valence-electron chi connectivity index (χ2n) is 5.67. The van der Waals surface area contributed by atoms with Crippen LogP contribution in [-0.2, 0) is 11.2 Å². The number of fused-ring (bicyclic) bond motifs is 1. The van der Waals surface area contributed by atoms with Gasteiger partial charge in [0, 0.05) is 28.9 Å². The lowest BCUT2D eigenvalue weighted by molar-refractivity contribution is -0.117. The molecule has 0 aliphatic rings. The van der Waals surface area contributed by atoms with Crippen LogP contribution in [0, 0.1) is 0 Å². The summed E-state index contributed by atoms with van der Waals surface area (Å²) in [5, 5.41) is 5.27. The van der Waals surface area contributed by atoms with Gasteiger partial charge in [-0.15, -0.1) is 0 Å². The fourth-order valence-electron chi connectivity index (χ4n) is 2.83. The van der Waals surface area contributed by atoms with E-state index in [4.69, 9.17) is 5.73 Å². The number of hydrogen-bond donors (Lipinski definition) is 2. The van der Waals surface area contributed by atoms with Gasteiger partial charge in [0.1, 0.15) is 5.65 Å². The van der Waals surface area contributed by atoms with Gasteiger partial charge < -0.3 is 10.7 Å². The number of aromatic amines is 1. The van der Waals surface area contributed by atoms with E-state index >= 15 is 0 Å². The maximum absolute atomic E-state index is 11.0. The third-order valence-electron chi connectivity index (χ3n) is 4.03. The van der Waals surface area contributed by atoms with Crippen LogP contribution in [0.3, 0.4) is 0 Å². The normalized spacial score (nSPS) is 11.0. The number of H-pyrrole nitrogens is 1. The van der Waals surface area contributed by atoms with Crippen molar-refractivity contribution in [1.82, 2.24) is 9.97 Å². The molecule has 4 rings (SSSR count). The van der Waals surface area contributed by atoms with Gasteiger partial charge in [0.05, 0.1) is 6.42 Å². The zero-order chi connectivity index (χ0) is 16.5. The smallest absolute Gasteiger partial charge is 0.221 e. The molecule has 118 valence electrons. The number of carbonyl (C=O) groups excluding carboxylic acids is 1. The SMILES string of the molecule is NC(=O)Cc1ccc(-c2c[nH]c3ncc(-c4ccsc4)cc23)cc1. The summed E-state index contributed by atoms with van der Waals surface area (Å²) in [6, 6.07) is 12.2. The standard InChI is InChI=1S/C19H15N3OS/c20-18(23)7-12-1-3-13(4-2-12)17-10-22-19-16(17)8-15(9-21-19)14-5-6-24-11-14/h1-6,8-11H,7H2,(H2,20,23)(H,21,22). The van der Waals surface area contributed by atoms with Gasteiger partial charge in [0.15, 0.2) is 0 Å². The number of aromatic nitrogens is 2. The summed E-state index contributed by atoms with van der Waals surface area (Å²) in [6.45, 7) is 0. The third-order valence-corrected chi connectivity index (χ3v) is 4.71. The summed E-state index contributed by atoms with van der Waals surface area (Å²) < 4.78 is 0. The Labute approximate surface area is 143 Å².